The van der Waals surface area contributed by atoms with Crippen LogP contribution in [0.2, 0.25) is 0 Å². The van der Waals surface area contributed by atoms with Crippen molar-refractivity contribution in [1.82, 2.24) is 19.6 Å². The monoisotopic (exact) mass is 333 g/mol. The van der Waals surface area contributed by atoms with Gasteiger partial charge in [0, 0.05) is 20.1 Å². The minimum atomic E-state index is 0. The van der Waals surface area contributed by atoms with Gasteiger partial charge in [-0.15, -0.1) is 0 Å². The van der Waals surface area contributed by atoms with E-state index in [4.69, 9.17) is 0 Å². The summed E-state index contributed by atoms with van der Waals surface area (Å²) in [7, 11) is 0. The van der Waals surface area contributed by atoms with E-state index in [1.54, 1.807) is 0 Å². The smallest absolute Gasteiger partial charge is 0.0555 e. The molecular weight excluding hydrogens is 320 g/mol. The summed E-state index contributed by atoms with van der Waals surface area (Å²) in [5.74, 6) is 0. The molecule has 0 unspecified atom stereocenters. The molecule has 0 N–H and O–H groups in total. The SMILES string of the molecule is C1N2CN3CN1CN(C2)C3.[Ir]. The van der Waals surface area contributed by atoms with Gasteiger partial charge in [-0.25, -0.2) is 0 Å². The van der Waals surface area contributed by atoms with E-state index in [9.17, 15) is 0 Å². The van der Waals surface area contributed by atoms with Crippen LogP contribution in [0.4, 0.5) is 0 Å². The van der Waals surface area contributed by atoms with Gasteiger partial charge < -0.3 is 0 Å². The molecule has 0 aromatic rings. The van der Waals surface area contributed by atoms with Crippen molar-refractivity contribution in [1.29, 1.82) is 0 Å². The molecule has 11 heavy (non-hydrogen) atoms. The first-order valence-electron chi connectivity index (χ1n) is 3.79. The van der Waals surface area contributed by atoms with Gasteiger partial charge in [0.25, 0.3) is 0 Å². The average Bonchev–Trinajstić information content (AvgIpc) is 1.82. The normalized spacial score (nSPS) is 52.4. The fraction of sp³-hybridized carbons (Fsp3) is 1.00. The van der Waals surface area contributed by atoms with Crippen molar-refractivity contribution in [3.63, 3.8) is 0 Å². The van der Waals surface area contributed by atoms with Crippen molar-refractivity contribution in [3.8, 4) is 0 Å². The quantitative estimate of drug-likeness (QED) is 0.563. The van der Waals surface area contributed by atoms with Crippen molar-refractivity contribution in [3.05, 3.63) is 0 Å². The summed E-state index contributed by atoms with van der Waals surface area (Å²) in [6.45, 7) is 7.12. The molecule has 65 valence electrons. The maximum absolute atomic E-state index is 2.47. The Bertz CT molecular complexity index is 106. The standard InChI is InChI=1S/C6H12N4.Ir/c1-7-2-9-4-8(1)5-10(3-7)6-9;/h1-6H2;. The molecule has 4 saturated heterocycles. The van der Waals surface area contributed by atoms with Crippen molar-refractivity contribution in [2.75, 3.05) is 40.0 Å². The zero-order chi connectivity index (χ0) is 6.55. The molecular formula is C6H12IrN4. The van der Waals surface area contributed by atoms with Crippen molar-refractivity contribution >= 4 is 0 Å². The van der Waals surface area contributed by atoms with E-state index in [1.807, 2.05) is 0 Å². The van der Waals surface area contributed by atoms with Gasteiger partial charge in [0.2, 0.25) is 0 Å². The number of rotatable bonds is 0. The Morgan fingerprint density at radius 2 is 0.636 bits per heavy atom. The van der Waals surface area contributed by atoms with Gasteiger partial charge >= 0.3 is 0 Å². The Morgan fingerprint density at radius 1 is 0.455 bits per heavy atom. The van der Waals surface area contributed by atoms with E-state index in [0.717, 1.165) is 0 Å². The minimum absolute atomic E-state index is 0. The Labute approximate surface area is 80.1 Å². The molecule has 1 radical (unpaired) electrons. The van der Waals surface area contributed by atoms with E-state index < -0.39 is 0 Å². The first-order chi connectivity index (χ1) is 4.90. The second-order valence-corrected chi connectivity index (χ2v) is 3.53. The zero-order valence-electron chi connectivity index (χ0n) is 6.36. The summed E-state index contributed by atoms with van der Waals surface area (Å²) in [6.07, 6.45) is 0. The fourth-order valence-corrected chi connectivity index (χ4v) is 2.23. The van der Waals surface area contributed by atoms with Gasteiger partial charge in [0.1, 0.15) is 0 Å². The Hall–Kier alpha value is 0.489. The fourth-order valence-electron chi connectivity index (χ4n) is 2.23. The summed E-state index contributed by atoms with van der Waals surface area (Å²) in [5.41, 5.74) is 0. The van der Waals surface area contributed by atoms with E-state index in [1.165, 1.54) is 40.0 Å². The molecule has 0 aromatic heterocycles. The number of hydrogen-bond donors (Lipinski definition) is 0. The zero-order valence-corrected chi connectivity index (χ0v) is 8.76. The third-order valence-electron chi connectivity index (χ3n) is 2.40. The molecule has 0 aliphatic carbocycles. The third-order valence-corrected chi connectivity index (χ3v) is 2.40. The van der Waals surface area contributed by atoms with Gasteiger partial charge in [-0.3, -0.25) is 19.6 Å². The molecule has 4 aliphatic heterocycles. The summed E-state index contributed by atoms with van der Waals surface area (Å²) >= 11 is 0. The van der Waals surface area contributed by atoms with Gasteiger partial charge in [-0.2, -0.15) is 0 Å². The van der Waals surface area contributed by atoms with Crippen LogP contribution in [0.25, 0.3) is 0 Å². The second-order valence-electron chi connectivity index (χ2n) is 3.53. The Kier molecular flexibility index (Phi) is 2.04. The molecule has 0 aromatic carbocycles. The van der Waals surface area contributed by atoms with Gasteiger partial charge in [-0.1, -0.05) is 0 Å². The van der Waals surface area contributed by atoms with Crippen molar-refractivity contribution in [2.24, 2.45) is 0 Å². The molecule has 4 bridgehead atoms. The van der Waals surface area contributed by atoms with E-state index in [2.05, 4.69) is 19.6 Å². The largest absolute Gasteiger partial charge is 0.264 e. The van der Waals surface area contributed by atoms with Crippen LogP contribution in [0.3, 0.4) is 0 Å². The predicted octanol–water partition coefficient (Wildman–Crippen LogP) is -1.02. The molecule has 0 saturated carbocycles. The first kappa shape index (κ1) is 8.10. The van der Waals surface area contributed by atoms with Gasteiger partial charge in [0.15, 0.2) is 0 Å². The number of hydrogen-bond acceptors (Lipinski definition) is 4. The third kappa shape index (κ3) is 1.26. The molecule has 0 amide bonds. The minimum Gasteiger partial charge on any atom is -0.264 e. The maximum Gasteiger partial charge on any atom is 0.0555 e. The molecule has 0 atom stereocenters. The molecule has 5 heteroatoms. The summed E-state index contributed by atoms with van der Waals surface area (Å²) in [4.78, 5) is 9.88. The predicted molar refractivity (Wildman–Crippen MR) is 36.6 cm³/mol. The van der Waals surface area contributed by atoms with E-state index >= 15 is 0 Å². The van der Waals surface area contributed by atoms with Crippen LogP contribution < -0.4 is 0 Å². The van der Waals surface area contributed by atoms with Crippen LogP contribution in [0.15, 0.2) is 0 Å². The van der Waals surface area contributed by atoms with Gasteiger partial charge in [0.05, 0.1) is 40.0 Å². The molecule has 4 nitrogen and oxygen atoms in total. The molecule has 4 aliphatic rings. The van der Waals surface area contributed by atoms with Gasteiger partial charge in [-0.05, 0) is 0 Å². The van der Waals surface area contributed by atoms with Crippen LogP contribution in [-0.4, -0.2) is 59.6 Å². The number of nitrogens with zero attached hydrogens (tertiary/aromatic N) is 4. The van der Waals surface area contributed by atoms with Crippen LogP contribution in [0, 0.1) is 0 Å². The van der Waals surface area contributed by atoms with E-state index in [-0.39, 0.29) is 20.1 Å². The van der Waals surface area contributed by atoms with Crippen molar-refractivity contribution in [2.45, 2.75) is 0 Å². The van der Waals surface area contributed by atoms with Crippen LogP contribution in [-0.2, 0) is 20.1 Å². The van der Waals surface area contributed by atoms with E-state index in [0.29, 0.717) is 0 Å². The summed E-state index contributed by atoms with van der Waals surface area (Å²) in [6, 6.07) is 0. The molecule has 4 rings (SSSR count). The summed E-state index contributed by atoms with van der Waals surface area (Å²) < 4.78 is 0. The average molecular weight is 332 g/mol. The van der Waals surface area contributed by atoms with Crippen LogP contribution in [0.5, 0.6) is 0 Å². The first-order valence-corrected chi connectivity index (χ1v) is 3.79. The Balaban J connectivity index is 0.000000480. The molecule has 4 heterocycles. The van der Waals surface area contributed by atoms with Crippen LogP contribution in [0.1, 0.15) is 0 Å². The molecule has 4 fully saturated rings. The topological polar surface area (TPSA) is 13.0 Å². The second kappa shape index (κ2) is 2.76. The molecule has 0 spiro atoms. The Morgan fingerprint density at radius 3 is 0.818 bits per heavy atom. The van der Waals surface area contributed by atoms with Crippen LogP contribution >= 0.6 is 0 Å². The summed E-state index contributed by atoms with van der Waals surface area (Å²) in [5, 5.41) is 0. The maximum atomic E-state index is 2.47. The van der Waals surface area contributed by atoms with Crippen molar-refractivity contribution < 1.29 is 20.1 Å².